The van der Waals surface area contributed by atoms with E-state index in [0.29, 0.717) is 37.3 Å². The van der Waals surface area contributed by atoms with E-state index in [1.165, 1.54) is 5.56 Å². The lowest BCUT2D eigenvalue weighted by molar-refractivity contribution is -0.133. The Labute approximate surface area is 173 Å². The largest absolute Gasteiger partial charge is 0.497 e. The molecule has 0 aliphatic carbocycles. The van der Waals surface area contributed by atoms with Crippen LogP contribution in [0.5, 0.6) is 5.75 Å². The Hall–Kier alpha value is -2.08. The molecule has 3 heterocycles. The summed E-state index contributed by atoms with van der Waals surface area (Å²) in [5, 5.41) is 0. The monoisotopic (exact) mass is 399 g/mol. The van der Waals surface area contributed by atoms with E-state index >= 15 is 0 Å². The van der Waals surface area contributed by atoms with Crippen LogP contribution in [0.1, 0.15) is 43.7 Å². The van der Waals surface area contributed by atoms with Crippen molar-refractivity contribution in [3.63, 3.8) is 0 Å². The maximum absolute atomic E-state index is 12.9. The maximum Gasteiger partial charge on any atom is 0.224 e. The lowest BCUT2D eigenvalue weighted by Crippen LogP contribution is -2.37. The Balaban J connectivity index is 1.36. The van der Waals surface area contributed by atoms with Gasteiger partial charge in [-0.1, -0.05) is 18.6 Å². The second kappa shape index (κ2) is 8.74. The third kappa shape index (κ3) is 4.27. The van der Waals surface area contributed by atoms with Crippen LogP contribution >= 0.6 is 0 Å². The summed E-state index contributed by atoms with van der Waals surface area (Å²) in [5.74, 6) is 2.28. The minimum absolute atomic E-state index is 0.201. The lowest BCUT2D eigenvalue weighted by atomic mass is 9.89. The molecule has 3 atom stereocenters. The topological polar surface area (TPSA) is 53.1 Å². The van der Waals surface area contributed by atoms with Crippen molar-refractivity contribution in [3.05, 3.63) is 29.8 Å². The van der Waals surface area contributed by atoms with Crippen molar-refractivity contribution in [2.75, 3.05) is 46.9 Å². The first kappa shape index (κ1) is 20.2. The molecule has 1 aromatic carbocycles. The smallest absolute Gasteiger partial charge is 0.224 e. The third-order valence-corrected chi connectivity index (χ3v) is 6.97. The number of hydrogen-bond acceptors (Lipinski definition) is 4. The van der Waals surface area contributed by atoms with E-state index in [9.17, 15) is 9.59 Å². The summed E-state index contributed by atoms with van der Waals surface area (Å²) < 4.78 is 5.29. The van der Waals surface area contributed by atoms with Crippen molar-refractivity contribution in [1.29, 1.82) is 0 Å². The predicted molar refractivity (Wildman–Crippen MR) is 112 cm³/mol. The van der Waals surface area contributed by atoms with Crippen LogP contribution in [0.15, 0.2) is 24.3 Å². The number of amides is 2. The number of hydrogen-bond donors (Lipinski definition) is 0. The molecular formula is C23H33N3O3. The van der Waals surface area contributed by atoms with E-state index in [-0.39, 0.29) is 11.8 Å². The number of benzene rings is 1. The van der Waals surface area contributed by atoms with Crippen LogP contribution in [0, 0.1) is 11.8 Å². The lowest BCUT2D eigenvalue weighted by Gasteiger charge is -2.27. The molecule has 3 aliphatic rings. The highest BCUT2D eigenvalue weighted by Gasteiger charge is 2.47. The van der Waals surface area contributed by atoms with Gasteiger partial charge in [0.25, 0.3) is 0 Å². The van der Waals surface area contributed by atoms with Gasteiger partial charge in [-0.15, -0.1) is 0 Å². The molecule has 158 valence electrons. The quantitative estimate of drug-likeness (QED) is 0.764. The van der Waals surface area contributed by atoms with Crippen molar-refractivity contribution in [3.8, 4) is 5.75 Å². The van der Waals surface area contributed by atoms with Crippen LogP contribution in [0.2, 0.25) is 0 Å². The van der Waals surface area contributed by atoms with E-state index in [4.69, 9.17) is 4.74 Å². The van der Waals surface area contributed by atoms with Gasteiger partial charge in [0.1, 0.15) is 5.75 Å². The molecule has 6 nitrogen and oxygen atoms in total. The number of carbonyl (C=O) groups excluding carboxylic acids is 2. The average molecular weight is 400 g/mol. The molecule has 3 aliphatic heterocycles. The van der Waals surface area contributed by atoms with Gasteiger partial charge in [0.05, 0.1) is 7.11 Å². The van der Waals surface area contributed by atoms with Gasteiger partial charge >= 0.3 is 0 Å². The summed E-state index contributed by atoms with van der Waals surface area (Å²) in [5.41, 5.74) is 1.30. The molecule has 0 bridgehead atoms. The zero-order chi connectivity index (χ0) is 20.4. The number of fused-ring (bicyclic) bond motifs is 1. The summed E-state index contributed by atoms with van der Waals surface area (Å²) in [6, 6.07) is 8.69. The Bertz CT molecular complexity index is 735. The second-order valence-corrected chi connectivity index (χ2v) is 8.82. The van der Waals surface area contributed by atoms with Gasteiger partial charge in [-0.3, -0.25) is 14.5 Å². The van der Waals surface area contributed by atoms with E-state index < -0.39 is 0 Å². The molecule has 29 heavy (non-hydrogen) atoms. The molecule has 2 amide bonds. The second-order valence-electron chi connectivity index (χ2n) is 8.82. The number of nitrogens with zero attached hydrogens (tertiary/aromatic N) is 3. The average Bonchev–Trinajstić information content (AvgIpc) is 3.18. The van der Waals surface area contributed by atoms with Gasteiger partial charge in [-0.2, -0.15) is 0 Å². The van der Waals surface area contributed by atoms with Gasteiger partial charge in [-0.05, 0) is 43.5 Å². The minimum atomic E-state index is 0.201. The van der Waals surface area contributed by atoms with Crippen molar-refractivity contribution < 1.29 is 14.3 Å². The highest BCUT2D eigenvalue weighted by Crippen LogP contribution is 2.44. The number of ether oxygens (including phenoxy) is 1. The molecule has 0 unspecified atom stereocenters. The molecular weight excluding hydrogens is 366 g/mol. The van der Waals surface area contributed by atoms with Gasteiger partial charge in [0.2, 0.25) is 11.8 Å². The van der Waals surface area contributed by atoms with E-state index in [0.717, 1.165) is 51.2 Å². The summed E-state index contributed by atoms with van der Waals surface area (Å²) in [7, 11) is 3.87. The molecule has 6 heteroatoms. The fourth-order valence-corrected chi connectivity index (χ4v) is 5.43. The first-order valence-electron chi connectivity index (χ1n) is 11.0. The summed E-state index contributed by atoms with van der Waals surface area (Å²) in [6.07, 6.45) is 4.25. The van der Waals surface area contributed by atoms with Crippen LogP contribution < -0.4 is 4.74 Å². The molecule has 0 aromatic heterocycles. The highest BCUT2D eigenvalue weighted by atomic mass is 16.5. The molecule has 3 fully saturated rings. The predicted octanol–water partition coefficient (Wildman–Crippen LogP) is 2.55. The fourth-order valence-electron chi connectivity index (χ4n) is 5.43. The van der Waals surface area contributed by atoms with E-state index in [1.54, 1.807) is 7.11 Å². The molecule has 0 N–H and O–H groups in total. The van der Waals surface area contributed by atoms with E-state index in [2.05, 4.69) is 24.1 Å². The number of rotatable bonds is 5. The summed E-state index contributed by atoms with van der Waals surface area (Å²) in [6.45, 7) is 4.07. The molecule has 1 aromatic rings. The Kier molecular flexibility index (Phi) is 6.09. The fraction of sp³-hybridized carbons (Fsp3) is 0.652. The third-order valence-electron chi connectivity index (χ3n) is 6.97. The molecule has 0 spiro atoms. The Morgan fingerprint density at radius 1 is 1.10 bits per heavy atom. The zero-order valence-corrected chi connectivity index (χ0v) is 17.7. The first-order valence-corrected chi connectivity index (χ1v) is 11.0. The molecule has 0 radical (unpaired) electrons. The van der Waals surface area contributed by atoms with Gasteiger partial charge < -0.3 is 14.5 Å². The SMILES string of the molecule is COc1ccc([C@H]2[C@@H]3CN(C(=O)CCN4CCCCCC4=O)C[C@@H]3CN2C)cc1. The van der Waals surface area contributed by atoms with Gasteiger partial charge in [-0.25, -0.2) is 0 Å². The van der Waals surface area contributed by atoms with Crippen molar-refractivity contribution in [1.82, 2.24) is 14.7 Å². The number of methoxy groups -OCH3 is 1. The number of likely N-dealkylation sites (tertiary alicyclic amines) is 3. The van der Waals surface area contributed by atoms with Gasteiger partial charge in [0, 0.05) is 57.5 Å². The molecule has 4 rings (SSSR count). The Morgan fingerprint density at radius 2 is 1.90 bits per heavy atom. The van der Waals surface area contributed by atoms with Gasteiger partial charge in [0.15, 0.2) is 0 Å². The normalized spacial score (nSPS) is 27.8. The minimum Gasteiger partial charge on any atom is -0.497 e. The van der Waals surface area contributed by atoms with Crippen LogP contribution in [0.25, 0.3) is 0 Å². The van der Waals surface area contributed by atoms with Crippen LogP contribution in [0.3, 0.4) is 0 Å². The standard InChI is InChI=1S/C23H33N3O3/c1-24-14-18-15-26(22(28)11-13-25-12-5-3-4-6-21(25)27)16-20(18)23(24)17-7-9-19(29-2)10-8-17/h7-10,18,20,23H,3-6,11-16H2,1-2H3/t18-,20+,23-/m0/s1. The summed E-state index contributed by atoms with van der Waals surface area (Å²) in [4.78, 5) is 31.4. The van der Waals surface area contributed by atoms with Crippen LogP contribution in [0.4, 0.5) is 0 Å². The van der Waals surface area contributed by atoms with E-state index in [1.807, 2.05) is 21.9 Å². The van der Waals surface area contributed by atoms with Crippen LogP contribution in [-0.2, 0) is 9.59 Å². The zero-order valence-electron chi connectivity index (χ0n) is 17.7. The van der Waals surface area contributed by atoms with Crippen LogP contribution in [-0.4, -0.2) is 73.4 Å². The number of carbonyl (C=O) groups is 2. The van der Waals surface area contributed by atoms with Crippen molar-refractivity contribution >= 4 is 11.8 Å². The van der Waals surface area contributed by atoms with Crippen molar-refractivity contribution in [2.45, 2.75) is 38.1 Å². The first-order chi connectivity index (χ1) is 14.1. The molecule has 0 saturated carbocycles. The molecule has 3 saturated heterocycles. The van der Waals surface area contributed by atoms with Crippen molar-refractivity contribution in [2.24, 2.45) is 11.8 Å². The Morgan fingerprint density at radius 3 is 2.66 bits per heavy atom. The summed E-state index contributed by atoms with van der Waals surface area (Å²) >= 11 is 0. The maximum atomic E-state index is 12.9. The highest BCUT2D eigenvalue weighted by molar-refractivity contribution is 5.79.